The van der Waals surface area contributed by atoms with Crippen molar-refractivity contribution in [1.82, 2.24) is 9.78 Å². The van der Waals surface area contributed by atoms with E-state index < -0.39 is 22.3 Å². The van der Waals surface area contributed by atoms with Crippen molar-refractivity contribution in [2.75, 3.05) is 5.32 Å². The number of nitro groups is 1. The lowest BCUT2D eigenvalue weighted by Crippen LogP contribution is -2.23. The fraction of sp³-hybridized carbons (Fsp3) is 0.111. The van der Waals surface area contributed by atoms with Gasteiger partial charge in [0, 0.05) is 22.7 Å². The second-order valence-electron chi connectivity index (χ2n) is 5.86. The highest BCUT2D eigenvalue weighted by molar-refractivity contribution is 6.33. The van der Waals surface area contributed by atoms with Gasteiger partial charge in [0.25, 0.3) is 11.2 Å². The number of anilines is 1. The third kappa shape index (κ3) is 3.83. The Kier molecular flexibility index (Phi) is 5.62. The first-order chi connectivity index (χ1) is 13.3. The van der Waals surface area contributed by atoms with E-state index in [1.54, 1.807) is 13.0 Å². The lowest BCUT2D eigenvalue weighted by atomic mass is 10.1. The number of hydrogen-bond acceptors (Lipinski definition) is 5. The zero-order valence-corrected chi connectivity index (χ0v) is 15.9. The van der Waals surface area contributed by atoms with Crippen LogP contribution in [0.4, 0.5) is 15.8 Å². The summed E-state index contributed by atoms with van der Waals surface area (Å²) in [6, 6.07) is 9.04. The van der Waals surface area contributed by atoms with Gasteiger partial charge in [-0.2, -0.15) is 9.78 Å². The van der Waals surface area contributed by atoms with Crippen LogP contribution in [-0.4, -0.2) is 14.7 Å². The maximum Gasteiger partial charge on any atom is 0.292 e. The van der Waals surface area contributed by atoms with E-state index in [9.17, 15) is 19.3 Å². The zero-order valence-electron chi connectivity index (χ0n) is 14.4. The van der Waals surface area contributed by atoms with Crippen molar-refractivity contribution >= 4 is 34.6 Å². The second kappa shape index (κ2) is 7.95. The fourth-order valence-corrected chi connectivity index (χ4v) is 3.17. The monoisotopic (exact) mass is 422 g/mol. The van der Waals surface area contributed by atoms with Crippen molar-refractivity contribution in [2.24, 2.45) is 0 Å². The second-order valence-corrected chi connectivity index (χ2v) is 6.65. The van der Waals surface area contributed by atoms with E-state index in [-0.39, 0.29) is 27.0 Å². The van der Waals surface area contributed by atoms with Crippen LogP contribution in [0.3, 0.4) is 0 Å². The summed E-state index contributed by atoms with van der Waals surface area (Å²) in [5.41, 5.74) is 0.00907. The molecule has 1 heterocycles. The van der Waals surface area contributed by atoms with Gasteiger partial charge < -0.3 is 5.32 Å². The van der Waals surface area contributed by atoms with Crippen molar-refractivity contribution in [3.05, 3.63) is 90.6 Å². The highest BCUT2D eigenvalue weighted by atomic mass is 35.5. The molecule has 1 atom stereocenters. The summed E-state index contributed by atoms with van der Waals surface area (Å²) in [4.78, 5) is 22.7. The first-order valence-electron chi connectivity index (χ1n) is 8.02. The smallest absolute Gasteiger partial charge is 0.292 e. The molecule has 7 nitrogen and oxygen atoms in total. The number of aromatic nitrogens is 2. The van der Waals surface area contributed by atoms with Gasteiger partial charge in [-0.3, -0.25) is 14.9 Å². The van der Waals surface area contributed by atoms with Crippen molar-refractivity contribution in [3.8, 4) is 5.69 Å². The highest BCUT2D eigenvalue weighted by Gasteiger charge is 2.18. The van der Waals surface area contributed by atoms with Gasteiger partial charge in [-0.1, -0.05) is 29.3 Å². The van der Waals surface area contributed by atoms with Gasteiger partial charge in [0.15, 0.2) is 0 Å². The summed E-state index contributed by atoms with van der Waals surface area (Å²) >= 11 is 12.2. The number of hydrogen-bond donors (Lipinski definition) is 1. The van der Waals surface area contributed by atoms with E-state index in [4.69, 9.17) is 23.2 Å². The molecule has 0 aliphatic carbocycles. The Morgan fingerprint density at radius 1 is 1.21 bits per heavy atom. The van der Waals surface area contributed by atoms with Crippen LogP contribution in [0.1, 0.15) is 18.5 Å². The molecule has 1 N–H and O–H groups in total. The normalized spacial score (nSPS) is 11.9. The van der Waals surface area contributed by atoms with E-state index in [0.717, 1.165) is 4.68 Å². The molecule has 0 radical (unpaired) electrons. The molecule has 0 saturated heterocycles. The number of non-ortho nitro benzene ring substituents is 1. The van der Waals surface area contributed by atoms with Crippen molar-refractivity contribution in [2.45, 2.75) is 13.0 Å². The van der Waals surface area contributed by atoms with Gasteiger partial charge in [0.05, 0.1) is 28.5 Å². The summed E-state index contributed by atoms with van der Waals surface area (Å²) < 4.78 is 15.1. The van der Waals surface area contributed by atoms with Gasteiger partial charge >= 0.3 is 0 Å². The molecule has 3 rings (SSSR count). The molecule has 0 aliphatic heterocycles. The van der Waals surface area contributed by atoms with Crippen LogP contribution < -0.4 is 10.9 Å². The first-order valence-corrected chi connectivity index (χ1v) is 8.78. The van der Waals surface area contributed by atoms with Crippen LogP contribution in [0.15, 0.2) is 53.5 Å². The molecule has 0 spiro atoms. The van der Waals surface area contributed by atoms with Crippen LogP contribution in [0, 0.1) is 15.9 Å². The average molecular weight is 423 g/mol. The standard InChI is InChI=1S/C18H13Cl2FN4O3/c1-10(16-13(19)3-2-4-14(16)21)23-15-9-22-24(18(26)17(15)20)11-5-7-12(8-6-11)25(27)28/h2-10,23H,1H3. The Balaban J connectivity index is 1.92. The summed E-state index contributed by atoms with van der Waals surface area (Å²) in [6.45, 7) is 1.67. The van der Waals surface area contributed by atoms with E-state index in [2.05, 4.69) is 10.4 Å². The van der Waals surface area contributed by atoms with Gasteiger partial charge in [-0.15, -0.1) is 0 Å². The van der Waals surface area contributed by atoms with Crippen molar-refractivity contribution < 1.29 is 9.31 Å². The molecule has 2 aromatic carbocycles. The Hall–Kier alpha value is -2.97. The minimum absolute atomic E-state index is 0.114. The molecule has 0 bridgehead atoms. The largest absolute Gasteiger partial charge is 0.376 e. The van der Waals surface area contributed by atoms with Gasteiger partial charge in [0.1, 0.15) is 10.8 Å². The number of rotatable bonds is 5. The Morgan fingerprint density at radius 2 is 1.89 bits per heavy atom. The van der Waals surface area contributed by atoms with Crippen LogP contribution >= 0.6 is 23.2 Å². The molecule has 3 aromatic rings. The third-order valence-electron chi connectivity index (χ3n) is 4.03. The van der Waals surface area contributed by atoms with Crippen LogP contribution in [0.25, 0.3) is 5.69 Å². The van der Waals surface area contributed by atoms with E-state index >= 15 is 0 Å². The molecule has 10 heteroatoms. The number of benzene rings is 2. The van der Waals surface area contributed by atoms with Crippen LogP contribution in [0.5, 0.6) is 0 Å². The number of nitrogens with zero attached hydrogens (tertiary/aromatic N) is 3. The molecule has 144 valence electrons. The number of halogens is 3. The lowest BCUT2D eigenvalue weighted by molar-refractivity contribution is -0.384. The predicted molar refractivity (Wildman–Crippen MR) is 105 cm³/mol. The SMILES string of the molecule is CC(Nc1cnn(-c2ccc([N+](=O)[O-])cc2)c(=O)c1Cl)c1c(F)cccc1Cl. The molecular formula is C18H13Cl2FN4O3. The zero-order chi connectivity index (χ0) is 20.4. The van der Waals surface area contributed by atoms with Crippen molar-refractivity contribution in [1.29, 1.82) is 0 Å². The maximum atomic E-state index is 14.1. The Labute approximate surface area is 168 Å². The highest BCUT2D eigenvalue weighted by Crippen LogP contribution is 2.29. The van der Waals surface area contributed by atoms with E-state index in [1.165, 1.54) is 42.6 Å². The molecule has 0 fully saturated rings. The average Bonchev–Trinajstić information content (AvgIpc) is 2.65. The third-order valence-corrected chi connectivity index (χ3v) is 4.72. The van der Waals surface area contributed by atoms with Gasteiger partial charge in [0.2, 0.25) is 0 Å². The number of nitro benzene ring substituents is 1. The van der Waals surface area contributed by atoms with Crippen LogP contribution in [-0.2, 0) is 0 Å². The molecule has 28 heavy (non-hydrogen) atoms. The molecule has 1 unspecified atom stereocenters. The van der Waals surface area contributed by atoms with E-state index in [1.807, 2.05) is 0 Å². The van der Waals surface area contributed by atoms with Crippen LogP contribution in [0.2, 0.25) is 10.0 Å². The summed E-state index contributed by atoms with van der Waals surface area (Å²) in [5.74, 6) is -0.490. The first kappa shape index (κ1) is 19.8. The molecule has 0 saturated carbocycles. The topological polar surface area (TPSA) is 90.1 Å². The quantitative estimate of drug-likeness (QED) is 0.472. The summed E-state index contributed by atoms with van der Waals surface area (Å²) in [7, 11) is 0. The predicted octanol–water partition coefficient (Wildman–Crippen LogP) is 4.76. The van der Waals surface area contributed by atoms with E-state index in [0.29, 0.717) is 5.69 Å². The Morgan fingerprint density at radius 3 is 2.50 bits per heavy atom. The fourth-order valence-electron chi connectivity index (χ4n) is 2.66. The van der Waals surface area contributed by atoms with Gasteiger partial charge in [-0.05, 0) is 31.2 Å². The van der Waals surface area contributed by atoms with Gasteiger partial charge in [-0.25, -0.2) is 4.39 Å². The maximum absolute atomic E-state index is 14.1. The molecule has 0 aliphatic rings. The minimum atomic E-state index is -0.632. The summed E-state index contributed by atoms with van der Waals surface area (Å²) in [5, 5.41) is 17.8. The number of nitrogens with one attached hydrogen (secondary N) is 1. The summed E-state index contributed by atoms with van der Waals surface area (Å²) in [6.07, 6.45) is 1.32. The van der Waals surface area contributed by atoms with Crippen molar-refractivity contribution in [3.63, 3.8) is 0 Å². The molecule has 0 amide bonds. The Bertz CT molecular complexity index is 1080. The molecule has 1 aromatic heterocycles. The minimum Gasteiger partial charge on any atom is -0.376 e. The lowest BCUT2D eigenvalue weighted by Gasteiger charge is -2.18. The molecular weight excluding hydrogens is 410 g/mol.